The van der Waals surface area contributed by atoms with Crippen LogP contribution in [-0.2, 0) is 0 Å². The maximum Gasteiger partial charge on any atom is 0.166 e. The normalized spacial score (nSPS) is 10.1. The molecule has 0 aliphatic rings. The predicted molar refractivity (Wildman–Crippen MR) is 71.5 cm³/mol. The molecule has 0 N–H and O–H groups in total. The average molecular weight is 322 g/mol. The number of alkyl halides is 1. The van der Waals surface area contributed by atoms with Gasteiger partial charge in [-0.05, 0) is 28.4 Å². The molecule has 1 aromatic rings. The van der Waals surface area contributed by atoms with E-state index in [1.54, 1.807) is 19.2 Å². The topological polar surface area (TPSA) is 35.5 Å². The largest absolute Gasteiger partial charge is 0.496 e. The zero-order valence-electron chi connectivity index (χ0n) is 9.76. The highest BCUT2D eigenvalue weighted by molar-refractivity contribution is 9.10. The molecular weight excluding hydrogens is 307 g/mol. The van der Waals surface area contributed by atoms with Gasteiger partial charge in [-0.15, -0.1) is 11.6 Å². The van der Waals surface area contributed by atoms with Crippen LogP contribution in [0.5, 0.6) is 11.5 Å². The van der Waals surface area contributed by atoms with Gasteiger partial charge in [-0.25, -0.2) is 0 Å². The number of hydrogen-bond donors (Lipinski definition) is 0. The molecule has 0 saturated carbocycles. The fourth-order valence-corrected chi connectivity index (χ4v) is 2.08. The summed E-state index contributed by atoms with van der Waals surface area (Å²) in [6.45, 7) is 0. The van der Waals surface area contributed by atoms with Crippen molar-refractivity contribution in [3.8, 4) is 11.5 Å². The van der Waals surface area contributed by atoms with Crippen LogP contribution in [-0.4, -0.2) is 25.9 Å². The molecule has 0 aliphatic carbocycles. The van der Waals surface area contributed by atoms with Crippen LogP contribution in [0.4, 0.5) is 0 Å². The summed E-state index contributed by atoms with van der Waals surface area (Å²) in [5.41, 5.74) is 0.547. The number of rotatable bonds is 6. The van der Waals surface area contributed by atoms with Gasteiger partial charge in [0, 0.05) is 18.4 Å². The minimum atomic E-state index is 0.0193. The summed E-state index contributed by atoms with van der Waals surface area (Å²) in [6, 6.07) is 3.41. The van der Waals surface area contributed by atoms with Gasteiger partial charge in [0.15, 0.2) is 5.78 Å². The lowest BCUT2D eigenvalue weighted by atomic mass is 10.1. The van der Waals surface area contributed by atoms with Gasteiger partial charge in [0.25, 0.3) is 0 Å². The molecule has 0 spiro atoms. The molecule has 0 radical (unpaired) electrons. The molecule has 0 bridgehead atoms. The second kappa shape index (κ2) is 6.87. The van der Waals surface area contributed by atoms with Crippen LogP contribution in [0.2, 0.25) is 0 Å². The van der Waals surface area contributed by atoms with E-state index < -0.39 is 0 Å². The first kappa shape index (κ1) is 14.3. The zero-order valence-corrected chi connectivity index (χ0v) is 12.1. The Kier molecular flexibility index (Phi) is 5.78. The van der Waals surface area contributed by atoms with Crippen molar-refractivity contribution in [2.24, 2.45) is 0 Å². The van der Waals surface area contributed by atoms with E-state index in [1.165, 1.54) is 7.11 Å². The molecule has 1 aromatic carbocycles. The summed E-state index contributed by atoms with van der Waals surface area (Å²) in [4.78, 5) is 11.9. The number of methoxy groups -OCH3 is 2. The van der Waals surface area contributed by atoms with Gasteiger partial charge in [0.05, 0.1) is 24.3 Å². The summed E-state index contributed by atoms with van der Waals surface area (Å²) in [6.07, 6.45) is 1.08. The smallest absolute Gasteiger partial charge is 0.166 e. The standard InChI is InChI=1S/C12H14BrClO3/c1-16-11-7-12(17-2)9(13)6-8(11)10(15)4-3-5-14/h6-7H,3-5H2,1-2H3. The minimum absolute atomic E-state index is 0.0193. The molecule has 5 heteroatoms. The fourth-order valence-electron chi connectivity index (χ4n) is 1.44. The third-order valence-electron chi connectivity index (χ3n) is 2.31. The number of hydrogen-bond acceptors (Lipinski definition) is 3. The highest BCUT2D eigenvalue weighted by Crippen LogP contribution is 2.33. The molecule has 0 heterocycles. The fraction of sp³-hybridized carbons (Fsp3) is 0.417. The van der Waals surface area contributed by atoms with Crippen LogP contribution >= 0.6 is 27.5 Å². The van der Waals surface area contributed by atoms with Crippen LogP contribution in [0.15, 0.2) is 16.6 Å². The lowest BCUT2D eigenvalue weighted by molar-refractivity contribution is 0.0979. The van der Waals surface area contributed by atoms with Crippen molar-refractivity contribution in [1.82, 2.24) is 0 Å². The molecule has 1 rings (SSSR count). The second-order valence-corrected chi connectivity index (χ2v) is 4.64. The van der Waals surface area contributed by atoms with E-state index in [1.807, 2.05) is 0 Å². The van der Waals surface area contributed by atoms with Crippen molar-refractivity contribution in [1.29, 1.82) is 0 Å². The second-order valence-electron chi connectivity index (χ2n) is 3.40. The SMILES string of the molecule is COc1cc(OC)c(C(=O)CCCCl)cc1Br. The number of benzene rings is 1. The maximum atomic E-state index is 11.9. The third-order valence-corrected chi connectivity index (χ3v) is 3.20. The van der Waals surface area contributed by atoms with Crippen LogP contribution in [0.1, 0.15) is 23.2 Å². The van der Waals surface area contributed by atoms with Gasteiger partial charge in [0.1, 0.15) is 11.5 Å². The maximum absolute atomic E-state index is 11.9. The van der Waals surface area contributed by atoms with Gasteiger partial charge in [-0.3, -0.25) is 4.79 Å². The third kappa shape index (κ3) is 3.61. The lowest BCUT2D eigenvalue weighted by Crippen LogP contribution is -2.03. The Labute approximate surface area is 114 Å². The Morgan fingerprint density at radius 3 is 2.47 bits per heavy atom. The molecule has 0 fully saturated rings. The highest BCUT2D eigenvalue weighted by Gasteiger charge is 2.15. The first-order valence-corrected chi connectivity index (χ1v) is 6.47. The van der Waals surface area contributed by atoms with Crippen LogP contribution in [0, 0.1) is 0 Å². The molecule has 0 atom stereocenters. The summed E-state index contributed by atoms with van der Waals surface area (Å²) in [5.74, 6) is 1.65. The Morgan fingerprint density at radius 1 is 1.29 bits per heavy atom. The summed E-state index contributed by atoms with van der Waals surface area (Å²) < 4.78 is 11.1. The number of Topliss-reactive ketones (excluding diaryl/α,β-unsaturated/α-hetero) is 1. The van der Waals surface area contributed by atoms with Crippen LogP contribution < -0.4 is 9.47 Å². The first-order chi connectivity index (χ1) is 8.13. The minimum Gasteiger partial charge on any atom is -0.496 e. The first-order valence-electron chi connectivity index (χ1n) is 5.14. The Hall–Kier alpha value is -0.740. The van der Waals surface area contributed by atoms with Crippen molar-refractivity contribution < 1.29 is 14.3 Å². The van der Waals surface area contributed by atoms with Gasteiger partial charge in [0.2, 0.25) is 0 Å². The van der Waals surface area contributed by atoms with Crippen molar-refractivity contribution in [3.05, 3.63) is 22.2 Å². The molecular formula is C12H14BrClO3. The zero-order chi connectivity index (χ0) is 12.8. The van der Waals surface area contributed by atoms with Gasteiger partial charge in [-0.1, -0.05) is 0 Å². The van der Waals surface area contributed by atoms with Gasteiger partial charge >= 0.3 is 0 Å². The molecule has 0 saturated heterocycles. The molecule has 3 nitrogen and oxygen atoms in total. The Bertz CT molecular complexity index is 407. The van der Waals surface area contributed by atoms with Crippen molar-refractivity contribution in [2.45, 2.75) is 12.8 Å². The number of halogens is 2. The summed E-state index contributed by atoms with van der Waals surface area (Å²) in [7, 11) is 3.09. The summed E-state index contributed by atoms with van der Waals surface area (Å²) >= 11 is 8.92. The van der Waals surface area contributed by atoms with Crippen molar-refractivity contribution in [2.75, 3.05) is 20.1 Å². The van der Waals surface area contributed by atoms with Crippen molar-refractivity contribution in [3.63, 3.8) is 0 Å². The Balaban J connectivity index is 3.05. The quantitative estimate of drug-likeness (QED) is 0.592. The van der Waals surface area contributed by atoms with Crippen molar-refractivity contribution >= 4 is 33.3 Å². The van der Waals surface area contributed by atoms with E-state index in [4.69, 9.17) is 21.1 Å². The van der Waals surface area contributed by atoms with E-state index in [0.717, 1.165) is 4.47 Å². The summed E-state index contributed by atoms with van der Waals surface area (Å²) in [5, 5.41) is 0. The van der Waals surface area contributed by atoms with Gasteiger partial charge in [-0.2, -0.15) is 0 Å². The average Bonchev–Trinajstić information content (AvgIpc) is 2.35. The van der Waals surface area contributed by atoms with Crippen LogP contribution in [0.3, 0.4) is 0 Å². The monoisotopic (exact) mass is 320 g/mol. The van der Waals surface area contributed by atoms with E-state index in [0.29, 0.717) is 35.8 Å². The molecule has 0 aliphatic heterocycles. The number of ketones is 1. The molecule has 0 aromatic heterocycles. The number of ether oxygens (including phenoxy) is 2. The van der Waals surface area contributed by atoms with E-state index in [2.05, 4.69) is 15.9 Å². The molecule has 0 unspecified atom stereocenters. The highest BCUT2D eigenvalue weighted by atomic mass is 79.9. The van der Waals surface area contributed by atoms with E-state index in [-0.39, 0.29) is 5.78 Å². The molecule has 94 valence electrons. The number of carbonyl (C=O) groups excluding carboxylic acids is 1. The van der Waals surface area contributed by atoms with Gasteiger partial charge < -0.3 is 9.47 Å². The van der Waals surface area contributed by atoms with E-state index in [9.17, 15) is 4.79 Å². The van der Waals surface area contributed by atoms with E-state index >= 15 is 0 Å². The lowest BCUT2D eigenvalue weighted by Gasteiger charge is -2.11. The number of carbonyl (C=O) groups is 1. The molecule has 17 heavy (non-hydrogen) atoms. The molecule has 0 amide bonds. The van der Waals surface area contributed by atoms with Crippen LogP contribution in [0.25, 0.3) is 0 Å². The Morgan fingerprint density at radius 2 is 1.94 bits per heavy atom. The predicted octanol–water partition coefficient (Wildman–Crippen LogP) is 3.67.